The van der Waals surface area contributed by atoms with Crippen molar-refractivity contribution in [2.75, 3.05) is 13.2 Å². The molecule has 0 heterocycles. The van der Waals surface area contributed by atoms with Gasteiger partial charge < -0.3 is 14.2 Å². The second kappa shape index (κ2) is 44.6. The summed E-state index contributed by atoms with van der Waals surface area (Å²) < 4.78 is 16.6. The number of hydrogen-bond acceptors (Lipinski definition) is 6. The first-order chi connectivity index (χ1) is 27.5. The van der Waals surface area contributed by atoms with Crippen LogP contribution in [0.25, 0.3) is 0 Å². The van der Waals surface area contributed by atoms with Crippen molar-refractivity contribution in [3.63, 3.8) is 0 Å². The van der Waals surface area contributed by atoms with Gasteiger partial charge in [-0.25, -0.2) is 0 Å². The van der Waals surface area contributed by atoms with Crippen LogP contribution in [0, 0.1) is 0 Å². The largest absolute Gasteiger partial charge is 0.462 e. The Morgan fingerprint density at radius 2 is 0.750 bits per heavy atom. The highest BCUT2D eigenvalue weighted by molar-refractivity contribution is 5.71. The summed E-state index contributed by atoms with van der Waals surface area (Å²) in [4.78, 5) is 37.7. The number of esters is 3. The number of unbranched alkanes of at least 4 members (excludes halogenated alkanes) is 17. The van der Waals surface area contributed by atoms with Gasteiger partial charge in [-0.15, -0.1) is 0 Å². The highest BCUT2D eigenvalue weighted by atomic mass is 16.6. The smallest absolute Gasteiger partial charge is 0.306 e. The van der Waals surface area contributed by atoms with Crippen LogP contribution >= 0.6 is 0 Å². The van der Waals surface area contributed by atoms with Crippen molar-refractivity contribution in [2.24, 2.45) is 0 Å². The number of ether oxygens (including phenoxy) is 3. The summed E-state index contributed by atoms with van der Waals surface area (Å²) in [5.41, 5.74) is 0. The molecule has 0 rings (SSSR count). The molecule has 0 aromatic rings. The Labute approximate surface area is 344 Å². The first-order valence-corrected chi connectivity index (χ1v) is 22.9. The third-order valence-corrected chi connectivity index (χ3v) is 9.43. The lowest BCUT2D eigenvalue weighted by Gasteiger charge is -2.18. The monoisotopic (exact) mass is 781 g/mol. The number of allylic oxidation sites excluding steroid dienone is 12. The molecule has 0 amide bonds. The van der Waals surface area contributed by atoms with E-state index in [0.29, 0.717) is 19.3 Å². The van der Waals surface area contributed by atoms with Crippen LogP contribution in [-0.2, 0) is 28.6 Å². The van der Waals surface area contributed by atoms with Gasteiger partial charge in [0.25, 0.3) is 0 Å². The van der Waals surface area contributed by atoms with Crippen molar-refractivity contribution in [3.05, 3.63) is 72.9 Å². The predicted molar refractivity (Wildman–Crippen MR) is 238 cm³/mol. The van der Waals surface area contributed by atoms with E-state index in [1.165, 1.54) is 83.5 Å². The normalized spacial score (nSPS) is 12.7. The van der Waals surface area contributed by atoms with E-state index in [1.807, 2.05) is 6.08 Å². The summed E-state index contributed by atoms with van der Waals surface area (Å²) in [5.74, 6) is -1.07. The highest BCUT2D eigenvalue weighted by Gasteiger charge is 2.19. The van der Waals surface area contributed by atoms with Crippen LogP contribution in [0.5, 0.6) is 0 Å². The molecule has 56 heavy (non-hydrogen) atoms. The molecule has 0 aliphatic rings. The molecule has 320 valence electrons. The molecule has 0 saturated carbocycles. The lowest BCUT2D eigenvalue weighted by Crippen LogP contribution is -2.30. The number of carbonyl (C=O) groups is 3. The van der Waals surface area contributed by atoms with Crippen LogP contribution in [0.2, 0.25) is 0 Å². The molecule has 0 saturated heterocycles. The molecule has 6 heteroatoms. The zero-order valence-corrected chi connectivity index (χ0v) is 36.4. The van der Waals surface area contributed by atoms with E-state index in [1.54, 1.807) is 0 Å². The Balaban J connectivity index is 4.53. The maximum atomic E-state index is 12.7. The molecule has 0 N–H and O–H groups in total. The summed E-state index contributed by atoms with van der Waals surface area (Å²) in [7, 11) is 0. The minimum Gasteiger partial charge on any atom is -0.462 e. The Morgan fingerprint density at radius 1 is 0.375 bits per heavy atom. The van der Waals surface area contributed by atoms with Gasteiger partial charge in [-0.05, 0) is 89.9 Å². The molecule has 0 aliphatic heterocycles. The van der Waals surface area contributed by atoms with E-state index in [9.17, 15) is 14.4 Å². The van der Waals surface area contributed by atoms with Crippen LogP contribution in [0.3, 0.4) is 0 Å². The fraction of sp³-hybridized carbons (Fsp3) is 0.700. The van der Waals surface area contributed by atoms with E-state index in [2.05, 4.69) is 87.6 Å². The van der Waals surface area contributed by atoms with Gasteiger partial charge in [-0.2, -0.15) is 0 Å². The molecule has 6 nitrogen and oxygen atoms in total. The van der Waals surface area contributed by atoms with E-state index >= 15 is 0 Å². The van der Waals surface area contributed by atoms with Crippen molar-refractivity contribution >= 4 is 17.9 Å². The van der Waals surface area contributed by atoms with Crippen LogP contribution < -0.4 is 0 Å². The maximum Gasteiger partial charge on any atom is 0.306 e. The maximum absolute atomic E-state index is 12.7. The van der Waals surface area contributed by atoms with E-state index < -0.39 is 12.1 Å². The summed E-state index contributed by atoms with van der Waals surface area (Å²) in [5, 5.41) is 0. The average molecular weight is 781 g/mol. The molecular weight excluding hydrogens is 697 g/mol. The lowest BCUT2D eigenvalue weighted by molar-refractivity contribution is -0.166. The topological polar surface area (TPSA) is 78.9 Å². The predicted octanol–water partition coefficient (Wildman–Crippen LogP) is 14.7. The van der Waals surface area contributed by atoms with Gasteiger partial charge in [0.2, 0.25) is 0 Å². The second-order valence-electron chi connectivity index (χ2n) is 14.9. The number of rotatable bonds is 40. The zero-order chi connectivity index (χ0) is 40.8. The minimum absolute atomic E-state index is 0.122. The van der Waals surface area contributed by atoms with Crippen LogP contribution in [-0.4, -0.2) is 37.2 Å². The Morgan fingerprint density at radius 3 is 1.25 bits per heavy atom. The SMILES string of the molecule is CC/C=C\C/C=C\C/C=C\CCCC(=O)OCC(COC(=O)CCCCC/C=C\CCCCCCCCC)OC(=O)CC/C=C\C/C=C\CCCCCCCC. The minimum atomic E-state index is -0.829. The molecule has 1 unspecified atom stereocenters. The van der Waals surface area contributed by atoms with Gasteiger partial charge in [-0.3, -0.25) is 14.4 Å². The second-order valence-corrected chi connectivity index (χ2v) is 14.9. The average Bonchev–Trinajstić information content (AvgIpc) is 3.19. The van der Waals surface area contributed by atoms with Crippen molar-refractivity contribution < 1.29 is 28.6 Å². The summed E-state index contributed by atoms with van der Waals surface area (Å²) in [6, 6.07) is 0. The first kappa shape index (κ1) is 52.9. The fourth-order valence-corrected chi connectivity index (χ4v) is 5.98. The van der Waals surface area contributed by atoms with Crippen molar-refractivity contribution in [2.45, 2.75) is 213 Å². The standard InChI is InChI=1S/C50H84O6/c1-4-7-10-13-16-19-22-24-26-28-31-34-37-40-43-49(52)55-46-47(45-54-48(51)42-39-36-33-30-27-21-18-15-12-9-6-3)56-50(53)44-41-38-35-32-29-25-23-20-17-14-11-8-5-2/h9,12,18,21,25-26,28-30,33,35,38,47H,4-8,10-11,13-17,19-20,22-24,27,31-32,34,36-37,39-46H2,1-3H3/b12-9-,21-18-,28-26-,29-25-,33-30-,38-35-. The molecule has 1 atom stereocenters. The van der Waals surface area contributed by atoms with Crippen LogP contribution in [0.4, 0.5) is 0 Å². The molecule has 0 aromatic carbocycles. The molecule has 0 aliphatic carbocycles. The molecule has 0 aromatic heterocycles. The van der Waals surface area contributed by atoms with E-state index in [-0.39, 0.29) is 38.0 Å². The molecule has 0 bridgehead atoms. The van der Waals surface area contributed by atoms with Crippen LogP contribution in [0.1, 0.15) is 207 Å². The Hall–Kier alpha value is -3.15. The number of carbonyl (C=O) groups excluding carboxylic acids is 3. The quantitative estimate of drug-likeness (QED) is 0.0267. The summed E-state index contributed by atoms with van der Waals surface area (Å²) >= 11 is 0. The van der Waals surface area contributed by atoms with Crippen molar-refractivity contribution in [3.8, 4) is 0 Å². The number of hydrogen-bond donors (Lipinski definition) is 0. The van der Waals surface area contributed by atoms with Crippen molar-refractivity contribution in [1.82, 2.24) is 0 Å². The molecule has 0 fully saturated rings. The Kier molecular flexibility index (Phi) is 42.1. The van der Waals surface area contributed by atoms with Gasteiger partial charge in [-0.1, -0.05) is 171 Å². The van der Waals surface area contributed by atoms with Crippen LogP contribution in [0.15, 0.2) is 72.9 Å². The van der Waals surface area contributed by atoms with Gasteiger partial charge >= 0.3 is 17.9 Å². The highest BCUT2D eigenvalue weighted by Crippen LogP contribution is 2.11. The van der Waals surface area contributed by atoms with Gasteiger partial charge in [0.05, 0.1) is 0 Å². The zero-order valence-electron chi connectivity index (χ0n) is 36.4. The van der Waals surface area contributed by atoms with Crippen molar-refractivity contribution in [1.29, 1.82) is 0 Å². The molecule has 0 spiro atoms. The van der Waals surface area contributed by atoms with Gasteiger partial charge in [0.1, 0.15) is 13.2 Å². The third-order valence-electron chi connectivity index (χ3n) is 9.43. The first-order valence-electron chi connectivity index (χ1n) is 22.9. The molecule has 0 radical (unpaired) electrons. The Bertz CT molecular complexity index is 1080. The molecular formula is C50H84O6. The van der Waals surface area contributed by atoms with Gasteiger partial charge in [0, 0.05) is 19.3 Å². The van der Waals surface area contributed by atoms with E-state index in [4.69, 9.17) is 14.2 Å². The third kappa shape index (κ3) is 42.0. The van der Waals surface area contributed by atoms with E-state index in [0.717, 1.165) is 70.6 Å². The summed E-state index contributed by atoms with van der Waals surface area (Å²) in [6.07, 6.45) is 54.8. The lowest BCUT2D eigenvalue weighted by atomic mass is 10.1. The van der Waals surface area contributed by atoms with Gasteiger partial charge in [0.15, 0.2) is 6.10 Å². The fourth-order valence-electron chi connectivity index (χ4n) is 5.98. The summed E-state index contributed by atoms with van der Waals surface area (Å²) in [6.45, 7) is 6.37.